The maximum absolute atomic E-state index is 15.5. The highest BCUT2D eigenvalue weighted by molar-refractivity contribution is 7.92. The number of anilines is 2. The van der Waals surface area contributed by atoms with Crippen molar-refractivity contribution in [3.63, 3.8) is 0 Å². The molecule has 0 saturated heterocycles. The van der Waals surface area contributed by atoms with Gasteiger partial charge in [0.2, 0.25) is 0 Å². The molecule has 0 fully saturated rings. The van der Waals surface area contributed by atoms with Crippen LogP contribution in [0.5, 0.6) is 11.5 Å². The number of hydrogen-bond donors (Lipinski definition) is 1. The molecule has 228 valence electrons. The van der Waals surface area contributed by atoms with Crippen LogP contribution in [0.3, 0.4) is 0 Å². The molecule has 0 bridgehead atoms. The number of nitrogens with one attached hydrogen (secondary N) is 1. The molecule has 0 unspecified atom stereocenters. The Bertz CT molecular complexity index is 1730. The second-order valence-electron chi connectivity index (χ2n) is 8.80. The molecule has 1 aromatic heterocycles. The van der Waals surface area contributed by atoms with Gasteiger partial charge in [0.05, 0.1) is 31.5 Å². The maximum Gasteiger partial charge on any atom is 0.412 e. The van der Waals surface area contributed by atoms with Gasteiger partial charge in [0.25, 0.3) is 10.0 Å². The summed E-state index contributed by atoms with van der Waals surface area (Å²) in [6.07, 6.45) is -2.75. The van der Waals surface area contributed by atoms with Gasteiger partial charge in [0, 0.05) is 34.5 Å². The molecule has 16 heteroatoms. The van der Waals surface area contributed by atoms with Gasteiger partial charge < -0.3 is 14.8 Å². The standard InChI is InChI=1S/C27H21Cl2F5N4O4S/c1-41-17-5-3-15(23(10-17)42-2)13-38(25-7-8-35-14-36-25)43(39,40)24-11-19(29)22(12-21(24)31)37-26(27(32,33)34)18-9-16(28)4-6-20(18)30/h3-12,14,26,37H,13H2,1-2H3/t26-/m1/s1. The largest absolute Gasteiger partial charge is 0.497 e. The van der Waals surface area contributed by atoms with Crippen LogP contribution in [0.4, 0.5) is 33.5 Å². The highest BCUT2D eigenvalue weighted by atomic mass is 35.5. The summed E-state index contributed by atoms with van der Waals surface area (Å²) in [4.78, 5) is 6.78. The summed E-state index contributed by atoms with van der Waals surface area (Å²) in [5, 5.41) is 1.19. The van der Waals surface area contributed by atoms with E-state index in [0.717, 1.165) is 28.8 Å². The van der Waals surface area contributed by atoms with E-state index >= 15 is 4.39 Å². The van der Waals surface area contributed by atoms with Gasteiger partial charge >= 0.3 is 6.18 Å². The van der Waals surface area contributed by atoms with E-state index in [4.69, 9.17) is 32.7 Å². The van der Waals surface area contributed by atoms with Gasteiger partial charge in [-0.3, -0.25) is 0 Å². The Balaban J connectivity index is 1.77. The van der Waals surface area contributed by atoms with Crippen molar-refractivity contribution in [3.05, 3.63) is 99.9 Å². The topological polar surface area (TPSA) is 93.7 Å². The van der Waals surface area contributed by atoms with Gasteiger partial charge in [0.1, 0.15) is 40.2 Å². The zero-order chi connectivity index (χ0) is 31.5. The fourth-order valence-electron chi connectivity index (χ4n) is 4.04. The van der Waals surface area contributed by atoms with E-state index in [-0.39, 0.29) is 16.6 Å². The highest BCUT2D eigenvalue weighted by Crippen LogP contribution is 2.41. The average molecular weight is 663 g/mol. The average Bonchev–Trinajstić information content (AvgIpc) is 2.97. The first-order valence-electron chi connectivity index (χ1n) is 12.0. The molecule has 0 aliphatic heterocycles. The lowest BCUT2D eigenvalue weighted by molar-refractivity contribution is -0.144. The Morgan fingerprint density at radius 1 is 0.977 bits per heavy atom. The molecule has 1 N–H and O–H groups in total. The minimum absolute atomic E-state index is 0.154. The second-order valence-corrected chi connectivity index (χ2v) is 11.5. The van der Waals surface area contributed by atoms with Crippen molar-refractivity contribution in [1.29, 1.82) is 0 Å². The monoisotopic (exact) mass is 662 g/mol. The van der Waals surface area contributed by atoms with Crippen molar-refractivity contribution >= 4 is 44.7 Å². The van der Waals surface area contributed by atoms with Crippen molar-refractivity contribution in [2.75, 3.05) is 23.8 Å². The van der Waals surface area contributed by atoms with E-state index in [0.29, 0.717) is 23.4 Å². The Labute approximate surface area is 253 Å². The molecular formula is C27H21Cl2F5N4O4S. The molecule has 0 aliphatic rings. The van der Waals surface area contributed by atoms with Crippen LogP contribution in [0.1, 0.15) is 17.2 Å². The lowest BCUT2D eigenvalue weighted by Crippen LogP contribution is -2.32. The SMILES string of the molecule is COc1ccc(CN(c2ccncn2)S(=O)(=O)c2cc(Cl)c(N[C@H](c3cc(Cl)ccc3F)C(F)(F)F)cc2F)c(OC)c1. The van der Waals surface area contributed by atoms with Crippen LogP contribution < -0.4 is 19.1 Å². The van der Waals surface area contributed by atoms with E-state index in [1.807, 2.05) is 5.32 Å². The highest BCUT2D eigenvalue weighted by Gasteiger charge is 2.43. The lowest BCUT2D eigenvalue weighted by atomic mass is 10.1. The number of halogens is 7. The quantitative estimate of drug-likeness (QED) is 0.180. The minimum atomic E-state index is -5.09. The van der Waals surface area contributed by atoms with Crippen LogP contribution in [0.2, 0.25) is 10.0 Å². The fraction of sp³-hybridized carbons (Fsp3) is 0.185. The van der Waals surface area contributed by atoms with Crippen molar-refractivity contribution in [2.24, 2.45) is 0 Å². The zero-order valence-corrected chi connectivity index (χ0v) is 24.5. The molecule has 0 aliphatic carbocycles. The normalized spacial score (nSPS) is 12.5. The molecule has 1 heterocycles. The van der Waals surface area contributed by atoms with Crippen molar-refractivity contribution in [1.82, 2.24) is 9.97 Å². The number of rotatable bonds is 10. The van der Waals surface area contributed by atoms with Gasteiger partial charge in [-0.25, -0.2) is 31.5 Å². The molecule has 3 aromatic carbocycles. The Kier molecular flexibility index (Phi) is 9.52. The predicted octanol–water partition coefficient (Wildman–Crippen LogP) is 7.19. The zero-order valence-electron chi connectivity index (χ0n) is 22.2. The molecule has 43 heavy (non-hydrogen) atoms. The molecular weight excluding hydrogens is 642 g/mol. The number of aromatic nitrogens is 2. The maximum atomic E-state index is 15.5. The van der Waals surface area contributed by atoms with E-state index in [1.165, 1.54) is 38.6 Å². The third kappa shape index (κ3) is 7.03. The van der Waals surface area contributed by atoms with Crippen LogP contribution in [-0.2, 0) is 16.6 Å². The number of sulfonamides is 1. The van der Waals surface area contributed by atoms with Crippen LogP contribution >= 0.6 is 23.2 Å². The van der Waals surface area contributed by atoms with Crippen LogP contribution in [0, 0.1) is 11.6 Å². The summed E-state index contributed by atoms with van der Waals surface area (Å²) in [5.41, 5.74) is -1.19. The first-order chi connectivity index (χ1) is 20.3. The molecule has 0 spiro atoms. The number of alkyl halides is 3. The Morgan fingerprint density at radius 3 is 2.35 bits per heavy atom. The Hall–Kier alpha value is -3.88. The summed E-state index contributed by atoms with van der Waals surface area (Å²) >= 11 is 12.0. The summed E-state index contributed by atoms with van der Waals surface area (Å²) in [7, 11) is -2.03. The number of ether oxygens (including phenoxy) is 2. The van der Waals surface area contributed by atoms with Gasteiger partial charge in [-0.05, 0) is 42.5 Å². The smallest absolute Gasteiger partial charge is 0.412 e. The molecule has 0 radical (unpaired) electrons. The number of nitrogens with zero attached hydrogens (tertiary/aromatic N) is 3. The fourth-order valence-corrected chi connectivity index (χ4v) is 5.98. The van der Waals surface area contributed by atoms with Gasteiger partial charge in [-0.15, -0.1) is 0 Å². The van der Waals surface area contributed by atoms with Crippen LogP contribution in [0.15, 0.2) is 72.0 Å². The third-order valence-corrected chi connectivity index (χ3v) is 8.43. The first kappa shape index (κ1) is 32.0. The molecule has 4 rings (SSSR count). The van der Waals surface area contributed by atoms with Crippen molar-refractivity contribution < 1.29 is 39.8 Å². The predicted molar refractivity (Wildman–Crippen MR) is 150 cm³/mol. The van der Waals surface area contributed by atoms with Crippen LogP contribution in [0.25, 0.3) is 0 Å². The van der Waals surface area contributed by atoms with Crippen LogP contribution in [-0.4, -0.2) is 38.8 Å². The van der Waals surface area contributed by atoms with Gasteiger partial charge in [-0.1, -0.05) is 23.2 Å². The van der Waals surface area contributed by atoms with E-state index in [1.54, 1.807) is 6.07 Å². The van der Waals surface area contributed by atoms with E-state index in [2.05, 4.69) is 9.97 Å². The molecule has 0 saturated carbocycles. The molecule has 8 nitrogen and oxygen atoms in total. The first-order valence-corrected chi connectivity index (χ1v) is 14.2. The minimum Gasteiger partial charge on any atom is -0.497 e. The summed E-state index contributed by atoms with van der Waals surface area (Å²) in [5.74, 6) is -2.16. The number of benzene rings is 3. The van der Waals surface area contributed by atoms with Crippen molar-refractivity contribution in [3.8, 4) is 11.5 Å². The molecule has 1 atom stereocenters. The van der Waals surface area contributed by atoms with Crippen molar-refractivity contribution in [2.45, 2.75) is 23.7 Å². The van der Waals surface area contributed by atoms with Gasteiger partial charge in [0.15, 0.2) is 6.04 Å². The molecule has 0 amide bonds. The summed E-state index contributed by atoms with van der Waals surface area (Å²) in [6.45, 7) is -0.409. The lowest BCUT2D eigenvalue weighted by Gasteiger charge is -2.26. The number of methoxy groups -OCH3 is 2. The molecule has 4 aromatic rings. The van der Waals surface area contributed by atoms with E-state index < -0.39 is 61.6 Å². The summed E-state index contributed by atoms with van der Waals surface area (Å²) < 4.78 is 111. The summed E-state index contributed by atoms with van der Waals surface area (Å²) in [6, 6.07) is 6.85. The van der Waals surface area contributed by atoms with Gasteiger partial charge in [-0.2, -0.15) is 13.2 Å². The van der Waals surface area contributed by atoms with E-state index in [9.17, 15) is 26.0 Å². The third-order valence-electron chi connectivity index (χ3n) is 6.12. The Morgan fingerprint density at radius 2 is 1.72 bits per heavy atom. The number of hydrogen-bond acceptors (Lipinski definition) is 7. The second kappa shape index (κ2) is 12.8.